The third kappa shape index (κ3) is 2.92. The summed E-state index contributed by atoms with van der Waals surface area (Å²) >= 11 is 0. The van der Waals surface area contributed by atoms with Crippen LogP contribution in [0.5, 0.6) is 0 Å². The monoisotopic (exact) mass is 220 g/mol. The Kier molecular flexibility index (Phi) is 3.72. The van der Waals surface area contributed by atoms with Crippen molar-refractivity contribution in [3.05, 3.63) is 18.1 Å². The van der Waals surface area contributed by atoms with Crippen LogP contribution in [0.3, 0.4) is 0 Å². The van der Waals surface area contributed by atoms with Gasteiger partial charge in [0.25, 0.3) is 0 Å². The van der Waals surface area contributed by atoms with E-state index >= 15 is 0 Å². The van der Waals surface area contributed by atoms with Crippen LogP contribution >= 0.6 is 0 Å². The lowest BCUT2D eigenvalue weighted by Gasteiger charge is -2.28. The molecule has 0 saturated carbocycles. The highest BCUT2D eigenvalue weighted by molar-refractivity contribution is 5.37. The van der Waals surface area contributed by atoms with Gasteiger partial charge in [-0.05, 0) is 38.8 Å². The summed E-state index contributed by atoms with van der Waals surface area (Å²) < 4.78 is 0. The van der Waals surface area contributed by atoms with Gasteiger partial charge in [-0.25, -0.2) is 9.97 Å². The highest BCUT2D eigenvalue weighted by Gasteiger charge is 2.15. The van der Waals surface area contributed by atoms with Gasteiger partial charge < -0.3 is 10.2 Å². The minimum Gasteiger partial charge on any atom is -0.359 e. The Bertz CT molecular complexity index is 334. The number of hydrogen-bond donors (Lipinski definition) is 1. The molecule has 2 heterocycles. The summed E-state index contributed by atoms with van der Waals surface area (Å²) in [4.78, 5) is 10.7. The molecule has 0 amide bonds. The Morgan fingerprint density at radius 1 is 1.38 bits per heavy atom. The smallest absolute Gasteiger partial charge is 0.131 e. The Hall–Kier alpha value is -1.16. The molecule has 1 aliphatic heterocycles. The van der Waals surface area contributed by atoms with Gasteiger partial charge in [-0.15, -0.1) is 0 Å². The maximum atomic E-state index is 4.30. The van der Waals surface area contributed by atoms with Crippen LogP contribution in [0.2, 0.25) is 0 Å². The number of hydrogen-bond acceptors (Lipinski definition) is 4. The first kappa shape index (κ1) is 11.3. The molecule has 1 aromatic rings. The third-order valence-corrected chi connectivity index (χ3v) is 3.17. The van der Waals surface area contributed by atoms with Crippen molar-refractivity contribution in [3.8, 4) is 0 Å². The molecule has 0 spiro atoms. The maximum absolute atomic E-state index is 4.30. The second-order valence-corrected chi connectivity index (χ2v) is 4.59. The second kappa shape index (κ2) is 5.25. The van der Waals surface area contributed by atoms with Gasteiger partial charge in [-0.3, -0.25) is 0 Å². The SMILES string of the molecule is Cc1cc(N(C)CC2CCNCC2)ncn1. The van der Waals surface area contributed by atoms with E-state index < -0.39 is 0 Å². The molecule has 4 heteroatoms. The number of aryl methyl sites for hydroxylation is 1. The Morgan fingerprint density at radius 2 is 2.12 bits per heavy atom. The van der Waals surface area contributed by atoms with Crippen molar-refractivity contribution in [2.24, 2.45) is 5.92 Å². The van der Waals surface area contributed by atoms with E-state index in [-0.39, 0.29) is 0 Å². The van der Waals surface area contributed by atoms with Crippen molar-refractivity contribution >= 4 is 5.82 Å². The van der Waals surface area contributed by atoms with Gasteiger partial charge in [0.2, 0.25) is 0 Å². The molecule has 0 aromatic carbocycles. The molecule has 1 fully saturated rings. The lowest BCUT2D eigenvalue weighted by Crippen LogP contribution is -2.34. The first-order chi connectivity index (χ1) is 7.75. The zero-order valence-electron chi connectivity index (χ0n) is 10.1. The minimum absolute atomic E-state index is 0.793. The van der Waals surface area contributed by atoms with Crippen molar-refractivity contribution in [3.63, 3.8) is 0 Å². The molecule has 1 saturated heterocycles. The highest BCUT2D eigenvalue weighted by atomic mass is 15.2. The van der Waals surface area contributed by atoms with E-state index in [1.54, 1.807) is 6.33 Å². The van der Waals surface area contributed by atoms with Gasteiger partial charge in [0.15, 0.2) is 0 Å². The van der Waals surface area contributed by atoms with Crippen LogP contribution in [0.15, 0.2) is 12.4 Å². The first-order valence-electron chi connectivity index (χ1n) is 5.96. The Morgan fingerprint density at radius 3 is 2.81 bits per heavy atom. The first-order valence-corrected chi connectivity index (χ1v) is 5.96. The zero-order chi connectivity index (χ0) is 11.4. The third-order valence-electron chi connectivity index (χ3n) is 3.17. The zero-order valence-corrected chi connectivity index (χ0v) is 10.1. The number of nitrogens with zero attached hydrogens (tertiary/aromatic N) is 3. The molecule has 1 aromatic heterocycles. The normalized spacial score (nSPS) is 17.4. The number of aromatic nitrogens is 2. The second-order valence-electron chi connectivity index (χ2n) is 4.59. The van der Waals surface area contributed by atoms with Gasteiger partial charge in [0, 0.05) is 25.4 Å². The molecule has 4 nitrogen and oxygen atoms in total. The van der Waals surface area contributed by atoms with Gasteiger partial charge in [-0.1, -0.05) is 0 Å². The number of rotatable bonds is 3. The number of piperidine rings is 1. The van der Waals surface area contributed by atoms with Crippen LogP contribution in [0, 0.1) is 12.8 Å². The van der Waals surface area contributed by atoms with Crippen LogP contribution in [0.4, 0.5) is 5.82 Å². The highest BCUT2D eigenvalue weighted by Crippen LogP contribution is 2.16. The predicted molar refractivity (Wildman–Crippen MR) is 65.6 cm³/mol. The fourth-order valence-electron chi connectivity index (χ4n) is 2.19. The van der Waals surface area contributed by atoms with E-state index in [0.29, 0.717) is 0 Å². The maximum Gasteiger partial charge on any atom is 0.131 e. The predicted octanol–water partition coefficient (Wildman–Crippen LogP) is 1.22. The van der Waals surface area contributed by atoms with Gasteiger partial charge >= 0.3 is 0 Å². The number of nitrogens with one attached hydrogen (secondary N) is 1. The summed E-state index contributed by atoms with van der Waals surface area (Å²) in [5, 5.41) is 3.39. The van der Waals surface area contributed by atoms with E-state index in [1.165, 1.54) is 12.8 Å². The van der Waals surface area contributed by atoms with Crippen molar-refractivity contribution in [2.45, 2.75) is 19.8 Å². The lowest BCUT2D eigenvalue weighted by molar-refractivity contribution is 0.377. The van der Waals surface area contributed by atoms with E-state index in [1.807, 2.05) is 13.0 Å². The minimum atomic E-state index is 0.793. The van der Waals surface area contributed by atoms with Crippen LogP contribution in [0.1, 0.15) is 18.5 Å². The fourth-order valence-corrected chi connectivity index (χ4v) is 2.19. The molecule has 1 aliphatic rings. The molecule has 0 bridgehead atoms. The average Bonchev–Trinajstić information content (AvgIpc) is 2.30. The van der Waals surface area contributed by atoms with Crippen LogP contribution in [-0.2, 0) is 0 Å². The molecule has 0 unspecified atom stereocenters. The van der Waals surface area contributed by atoms with E-state index in [9.17, 15) is 0 Å². The largest absolute Gasteiger partial charge is 0.359 e. The van der Waals surface area contributed by atoms with Crippen molar-refractivity contribution in [1.82, 2.24) is 15.3 Å². The molecule has 0 radical (unpaired) electrons. The molecule has 2 rings (SSSR count). The van der Waals surface area contributed by atoms with Crippen LogP contribution in [-0.4, -0.2) is 36.6 Å². The summed E-state index contributed by atoms with van der Waals surface area (Å²) in [5.74, 6) is 1.83. The molecule has 16 heavy (non-hydrogen) atoms. The Balaban J connectivity index is 1.94. The summed E-state index contributed by atoms with van der Waals surface area (Å²) in [7, 11) is 2.11. The molecule has 1 N–H and O–H groups in total. The topological polar surface area (TPSA) is 41.0 Å². The van der Waals surface area contributed by atoms with E-state index in [2.05, 4.69) is 27.2 Å². The lowest BCUT2D eigenvalue weighted by atomic mass is 9.98. The van der Waals surface area contributed by atoms with Gasteiger partial charge in [0.05, 0.1) is 0 Å². The van der Waals surface area contributed by atoms with Gasteiger partial charge in [-0.2, -0.15) is 0 Å². The molecule has 0 atom stereocenters. The number of anilines is 1. The van der Waals surface area contributed by atoms with Crippen molar-refractivity contribution in [2.75, 3.05) is 31.6 Å². The molecular formula is C12H20N4. The molecular weight excluding hydrogens is 200 g/mol. The summed E-state index contributed by atoms with van der Waals surface area (Å²) in [6.07, 6.45) is 4.19. The quantitative estimate of drug-likeness (QED) is 0.831. The summed E-state index contributed by atoms with van der Waals surface area (Å²) in [6, 6.07) is 2.04. The summed E-state index contributed by atoms with van der Waals surface area (Å²) in [6.45, 7) is 5.41. The Labute approximate surface area is 97.1 Å². The fraction of sp³-hybridized carbons (Fsp3) is 0.667. The van der Waals surface area contributed by atoms with Crippen LogP contribution in [0.25, 0.3) is 0 Å². The average molecular weight is 220 g/mol. The van der Waals surface area contributed by atoms with Crippen molar-refractivity contribution < 1.29 is 0 Å². The van der Waals surface area contributed by atoms with E-state index in [4.69, 9.17) is 0 Å². The molecule has 0 aliphatic carbocycles. The van der Waals surface area contributed by atoms with Crippen molar-refractivity contribution in [1.29, 1.82) is 0 Å². The van der Waals surface area contributed by atoms with E-state index in [0.717, 1.165) is 37.1 Å². The molecule has 88 valence electrons. The van der Waals surface area contributed by atoms with Crippen LogP contribution < -0.4 is 10.2 Å². The summed E-state index contributed by atoms with van der Waals surface area (Å²) in [5.41, 5.74) is 1.03. The standard InChI is InChI=1S/C12H20N4/c1-10-7-12(15-9-14-10)16(2)8-11-3-5-13-6-4-11/h7,9,11,13H,3-6,8H2,1-2H3. The van der Waals surface area contributed by atoms with Gasteiger partial charge in [0.1, 0.15) is 12.1 Å².